The first kappa shape index (κ1) is 20.3. The van der Waals surface area contributed by atoms with E-state index in [-0.39, 0.29) is 5.91 Å². The number of nitrogens with zero attached hydrogens (tertiary/aromatic N) is 1. The van der Waals surface area contributed by atoms with E-state index < -0.39 is 0 Å². The van der Waals surface area contributed by atoms with Crippen LogP contribution in [0.1, 0.15) is 20.8 Å². The second-order valence-corrected chi connectivity index (χ2v) is 8.26. The topological polar surface area (TPSA) is 38.8 Å². The highest BCUT2D eigenvalue weighted by Gasteiger charge is 2.17. The average molecular weight is 414 g/mol. The zero-order chi connectivity index (χ0) is 19.9. The summed E-state index contributed by atoms with van der Waals surface area (Å²) in [6.07, 6.45) is 0. The summed E-state index contributed by atoms with van der Waals surface area (Å²) in [6, 6.07) is 17.7. The summed E-state index contributed by atoms with van der Waals surface area (Å²) in [6.45, 7) is 0.489. The number of rotatable bonds is 8. The van der Waals surface area contributed by atoms with Gasteiger partial charge >= 0.3 is 0 Å². The highest BCUT2D eigenvalue weighted by molar-refractivity contribution is 7.98. The van der Waals surface area contributed by atoms with E-state index in [1.54, 1.807) is 42.2 Å². The van der Waals surface area contributed by atoms with Crippen molar-refractivity contribution >= 4 is 29.0 Å². The SMILES string of the molecule is COc1ccc(CN(C)C(=O)c2ccccc2SCc2cccs2)cc1OC. The summed E-state index contributed by atoms with van der Waals surface area (Å²) in [5.74, 6) is 2.20. The summed E-state index contributed by atoms with van der Waals surface area (Å²) < 4.78 is 10.6. The summed E-state index contributed by atoms with van der Waals surface area (Å²) >= 11 is 3.43. The Hall–Kier alpha value is -2.44. The lowest BCUT2D eigenvalue weighted by atomic mass is 10.1. The van der Waals surface area contributed by atoms with Crippen LogP contribution in [-0.4, -0.2) is 32.1 Å². The minimum atomic E-state index is 0.00376. The minimum absolute atomic E-state index is 0.00376. The standard InChI is InChI=1S/C22H23NO3S2/c1-23(14-16-10-11-19(25-2)20(13-16)26-3)22(24)18-8-4-5-9-21(18)28-15-17-7-6-12-27-17/h4-13H,14-15H2,1-3H3. The van der Waals surface area contributed by atoms with Crippen molar-refractivity contribution in [1.29, 1.82) is 0 Å². The fourth-order valence-electron chi connectivity index (χ4n) is 2.84. The molecule has 1 heterocycles. The lowest BCUT2D eigenvalue weighted by molar-refractivity contribution is 0.0781. The van der Waals surface area contributed by atoms with E-state index in [4.69, 9.17) is 9.47 Å². The predicted molar refractivity (Wildman–Crippen MR) is 116 cm³/mol. The Kier molecular flexibility index (Phi) is 7.01. The molecule has 0 radical (unpaired) electrons. The van der Waals surface area contributed by atoms with Gasteiger partial charge in [-0.25, -0.2) is 0 Å². The van der Waals surface area contributed by atoms with Crippen molar-refractivity contribution in [3.05, 3.63) is 76.0 Å². The fraction of sp³-hybridized carbons (Fsp3) is 0.227. The molecule has 0 saturated carbocycles. The molecule has 0 atom stereocenters. The maximum absolute atomic E-state index is 13.1. The molecule has 0 aliphatic heterocycles. The number of carbonyl (C=O) groups is 1. The van der Waals surface area contributed by atoms with Crippen LogP contribution in [-0.2, 0) is 12.3 Å². The Labute approximate surface area is 174 Å². The third-order valence-corrected chi connectivity index (χ3v) is 6.46. The van der Waals surface area contributed by atoms with Crippen molar-refractivity contribution in [3.8, 4) is 11.5 Å². The van der Waals surface area contributed by atoms with E-state index in [1.807, 2.05) is 49.5 Å². The third kappa shape index (κ3) is 4.88. The van der Waals surface area contributed by atoms with Gasteiger partial charge in [0.1, 0.15) is 0 Å². The van der Waals surface area contributed by atoms with Crippen LogP contribution in [0.5, 0.6) is 11.5 Å². The van der Waals surface area contributed by atoms with Gasteiger partial charge in [0.15, 0.2) is 11.5 Å². The lowest BCUT2D eigenvalue weighted by Crippen LogP contribution is -2.26. The van der Waals surface area contributed by atoms with Gasteiger partial charge in [-0.2, -0.15) is 0 Å². The van der Waals surface area contributed by atoms with Crippen LogP contribution < -0.4 is 9.47 Å². The summed E-state index contributed by atoms with van der Waals surface area (Å²) in [5.41, 5.74) is 1.71. The number of hydrogen-bond acceptors (Lipinski definition) is 5. The Morgan fingerprint density at radius 2 is 1.82 bits per heavy atom. The van der Waals surface area contributed by atoms with Gasteiger partial charge in [-0.05, 0) is 41.3 Å². The molecule has 0 saturated heterocycles. The van der Waals surface area contributed by atoms with Crippen LogP contribution in [0.25, 0.3) is 0 Å². The first-order valence-electron chi connectivity index (χ1n) is 8.83. The number of thiophene rings is 1. The molecule has 0 unspecified atom stereocenters. The summed E-state index contributed by atoms with van der Waals surface area (Å²) in [4.78, 5) is 17.1. The molecule has 0 aliphatic carbocycles. The number of methoxy groups -OCH3 is 2. The van der Waals surface area contributed by atoms with Gasteiger partial charge in [-0.15, -0.1) is 23.1 Å². The molecule has 1 aromatic heterocycles. The molecule has 4 nitrogen and oxygen atoms in total. The molecule has 1 amide bonds. The van der Waals surface area contributed by atoms with Gasteiger partial charge in [0, 0.05) is 29.1 Å². The molecule has 0 bridgehead atoms. The van der Waals surface area contributed by atoms with E-state index in [9.17, 15) is 4.79 Å². The molecule has 3 rings (SSSR count). The molecule has 2 aromatic carbocycles. The molecule has 0 spiro atoms. The van der Waals surface area contributed by atoms with Gasteiger partial charge in [-0.1, -0.05) is 24.3 Å². The predicted octanol–water partition coefficient (Wildman–Crippen LogP) is 5.33. The molecule has 0 aliphatic rings. The van der Waals surface area contributed by atoms with Gasteiger partial charge in [0.05, 0.1) is 19.8 Å². The van der Waals surface area contributed by atoms with E-state index in [2.05, 4.69) is 17.5 Å². The quantitative estimate of drug-likeness (QED) is 0.468. The zero-order valence-corrected chi connectivity index (χ0v) is 17.8. The lowest BCUT2D eigenvalue weighted by Gasteiger charge is -2.20. The van der Waals surface area contributed by atoms with Crippen molar-refractivity contribution in [2.45, 2.75) is 17.2 Å². The summed E-state index contributed by atoms with van der Waals surface area (Å²) in [7, 11) is 5.04. The minimum Gasteiger partial charge on any atom is -0.493 e. The number of ether oxygens (including phenoxy) is 2. The van der Waals surface area contributed by atoms with Gasteiger partial charge in [0.25, 0.3) is 5.91 Å². The van der Waals surface area contributed by atoms with Crippen LogP contribution in [0, 0.1) is 0 Å². The van der Waals surface area contributed by atoms with Crippen molar-refractivity contribution in [2.75, 3.05) is 21.3 Å². The van der Waals surface area contributed by atoms with Crippen LogP contribution >= 0.6 is 23.1 Å². The molecular weight excluding hydrogens is 390 g/mol. The van der Waals surface area contributed by atoms with Crippen LogP contribution in [0.3, 0.4) is 0 Å². The van der Waals surface area contributed by atoms with Crippen molar-refractivity contribution in [1.82, 2.24) is 4.90 Å². The zero-order valence-electron chi connectivity index (χ0n) is 16.2. The fourth-order valence-corrected chi connectivity index (χ4v) is 4.66. The molecule has 0 N–H and O–H groups in total. The van der Waals surface area contributed by atoms with Crippen molar-refractivity contribution in [2.24, 2.45) is 0 Å². The second-order valence-electron chi connectivity index (χ2n) is 6.21. The Morgan fingerprint density at radius 1 is 1.04 bits per heavy atom. The van der Waals surface area contributed by atoms with E-state index >= 15 is 0 Å². The largest absolute Gasteiger partial charge is 0.493 e. The normalized spacial score (nSPS) is 10.5. The molecule has 6 heteroatoms. The van der Waals surface area contributed by atoms with E-state index in [1.165, 1.54) is 4.88 Å². The number of benzene rings is 2. The average Bonchev–Trinajstić information content (AvgIpc) is 3.25. The highest BCUT2D eigenvalue weighted by atomic mass is 32.2. The van der Waals surface area contributed by atoms with E-state index in [0.29, 0.717) is 18.0 Å². The Morgan fingerprint density at radius 3 is 2.54 bits per heavy atom. The van der Waals surface area contributed by atoms with Crippen LogP contribution in [0.4, 0.5) is 0 Å². The maximum Gasteiger partial charge on any atom is 0.255 e. The van der Waals surface area contributed by atoms with Crippen LogP contribution in [0.15, 0.2) is 64.9 Å². The monoisotopic (exact) mass is 413 g/mol. The summed E-state index contributed by atoms with van der Waals surface area (Å²) in [5, 5.41) is 2.07. The van der Waals surface area contributed by atoms with Crippen LogP contribution in [0.2, 0.25) is 0 Å². The van der Waals surface area contributed by atoms with Gasteiger partial charge < -0.3 is 14.4 Å². The second kappa shape index (κ2) is 9.66. The molecule has 146 valence electrons. The van der Waals surface area contributed by atoms with E-state index in [0.717, 1.165) is 21.8 Å². The number of carbonyl (C=O) groups excluding carboxylic acids is 1. The number of amides is 1. The van der Waals surface area contributed by atoms with Gasteiger partial charge in [0.2, 0.25) is 0 Å². The first-order valence-corrected chi connectivity index (χ1v) is 10.7. The molecule has 0 fully saturated rings. The Bertz CT molecular complexity index is 925. The number of thioether (sulfide) groups is 1. The molecule has 3 aromatic rings. The highest BCUT2D eigenvalue weighted by Crippen LogP contribution is 2.30. The van der Waals surface area contributed by atoms with Gasteiger partial charge in [-0.3, -0.25) is 4.79 Å². The molecule has 28 heavy (non-hydrogen) atoms. The first-order chi connectivity index (χ1) is 13.6. The maximum atomic E-state index is 13.1. The Balaban J connectivity index is 1.73. The number of hydrogen-bond donors (Lipinski definition) is 0. The third-order valence-electron chi connectivity index (χ3n) is 4.28. The van der Waals surface area contributed by atoms with Crippen molar-refractivity contribution in [3.63, 3.8) is 0 Å². The smallest absolute Gasteiger partial charge is 0.255 e. The van der Waals surface area contributed by atoms with Crippen molar-refractivity contribution < 1.29 is 14.3 Å². The molecular formula is C22H23NO3S2.